The molecule has 0 radical (unpaired) electrons. The Balaban J connectivity index is 1.64. The average molecular weight is 354 g/mol. The molecule has 0 unspecified atom stereocenters. The summed E-state index contributed by atoms with van der Waals surface area (Å²) in [7, 11) is 0. The second kappa shape index (κ2) is 7.08. The van der Waals surface area contributed by atoms with E-state index in [4.69, 9.17) is 4.74 Å². The maximum Gasteiger partial charge on any atom is 0.256 e. The van der Waals surface area contributed by atoms with Gasteiger partial charge >= 0.3 is 0 Å². The highest BCUT2D eigenvalue weighted by molar-refractivity contribution is 6.00. The Morgan fingerprint density at radius 2 is 1.88 bits per heavy atom. The van der Waals surface area contributed by atoms with Crippen LogP contribution in [0.5, 0.6) is 0 Å². The highest BCUT2D eigenvalue weighted by atomic mass is 19.1. The first-order valence-electron chi connectivity index (χ1n) is 9.16. The van der Waals surface area contributed by atoms with Gasteiger partial charge in [0.05, 0.1) is 24.8 Å². The lowest BCUT2D eigenvalue weighted by Gasteiger charge is -2.37. The van der Waals surface area contributed by atoms with Crippen LogP contribution in [0.3, 0.4) is 0 Å². The summed E-state index contributed by atoms with van der Waals surface area (Å²) in [4.78, 5) is 17.4. The molecule has 0 aromatic heterocycles. The number of anilines is 1. The van der Waals surface area contributed by atoms with Crippen molar-refractivity contribution in [1.82, 2.24) is 4.90 Å². The first-order valence-corrected chi connectivity index (χ1v) is 9.16. The summed E-state index contributed by atoms with van der Waals surface area (Å²) in [6.45, 7) is 5.55. The van der Waals surface area contributed by atoms with Gasteiger partial charge in [0.25, 0.3) is 5.91 Å². The third-order valence-corrected chi connectivity index (χ3v) is 5.39. The van der Waals surface area contributed by atoms with Gasteiger partial charge in [-0.15, -0.1) is 0 Å². The Morgan fingerprint density at radius 1 is 1.12 bits per heavy atom. The summed E-state index contributed by atoms with van der Waals surface area (Å²) in [5.74, 6) is -0.242. The molecule has 2 heterocycles. The Morgan fingerprint density at radius 3 is 2.69 bits per heavy atom. The maximum absolute atomic E-state index is 13.7. The van der Waals surface area contributed by atoms with Crippen molar-refractivity contribution in [2.75, 3.05) is 37.7 Å². The van der Waals surface area contributed by atoms with E-state index in [1.54, 1.807) is 6.07 Å². The van der Waals surface area contributed by atoms with Crippen LogP contribution in [-0.4, -0.2) is 43.7 Å². The van der Waals surface area contributed by atoms with Crippen molar-refractivity contribution in [1.29, 1.82) is 0 Å². The molecule has 1 amide bonds. The van der Waals surface area contributed by atoms with Gasteiger partial charge < -0.3 is 14.5 Å². The van der Waals surface area contributed by atoms with Crippen LogP contribution in [0.25, 0.3) is 0 Å². The molecule has 0 spiro atoms. The molecule has 0 N–H and O–H groups in total. The molecule has 0 saturated carbocycles. The molecule has 2 aliphatic rings. The number of benzene rings is 2. The minimum Gasteiger partial charge on any atom is -0.378 e. The van der Waals surface area contributed by atoms with Crippen LogP contribution in [0, 0.1) is 5.82 Å². The van der Waals surface area contributed by atoms with Crippen molar-refractivity contribution in [3.63, 3.8) is 0 Å². The van der Waals surface area contributed by atoms with Crippen molar-refractivity contribution in [3.8, 4) is 0 Å². The van der Waals surface area contributed by atoms with Gasteiger partial charge in [0.2, 0.25) is 0 Å². The highest BCUT2D eigenvalue weighted by Gasteiger charge is 2.30. The second-order valence-electron chi connectivity index (χ2n) is 6.88. The monoisotopic (exact) mass is 354 g/mol. The van der Waals surface area contributed by atoms with E-state index in [1.165, 1.54) is 6.07 Å². The molecule has 1 saturated heterocycles. The third kappa shape index (κ3) is 3.07. The van der Waals surface area contributed by atoms with Crippen LogP contribution in [0.2, 0.25) is 0 Å². The summed E-state index contributed by atoms with van der Waals surface area (Å²) >= 11 is 0. The van der Waals surface area contributed by atoms with E-state index in [2.05, 4.69) is 4.90 Å². The number of carbonyl (C=O) groups excluding carboxylic acids is 1. The van der Waals surface area contributed by atoms with Crippen LogP contribution < -0.4 is 4.90 Å². The lowest BCUT2D eigenvalue weighted by atomic mass is 9.92. The quantitative estimate of drug-likeness (QED) is 0.828. The zero-order valence-corrected chi connectivity index (χ0v) is 15.0. The number of nitrogens with zero attached hydrogens (tertiary/aromatic N) is 2. The zero-order valence-electron chi connectivity index (χ0n) is 15.0. The molecule has 136 valence electrons. The summed E-state index contributed by atoms with van der Waals surface area (Å²) in [5, 5.41) is 0. The number of amides is 1. The molecule has 4 nitrogen and oxygen atoms in total. The molecule has 1 atom stereocenters. The molecule has 2 aromatic carbocycles. The Kier molecular flexibility index (Phi) is 4.64. The molecule has 26 heavy (non-hydrogen) atoms. The number of carbonyl (C=O) groups is 1. The maximum atomic E-state index is 13.7. The van der Waals surface area contributed by atoms with Crippen LogP contribution in [0.4, 0.5) is 10.1 Å². The van der Waals surface area contributed by atoms with E-state index in [9.17, 15) is 9.18 Å². The van der Waals surface area contributed by atoms with Crippen molar-refractivity contribution >= 4 is 11.6 Å². The molecule has 2 aromatic rings. The summed E-state index contributed by atoms with van der Waals surface area (Å²) < 4.78 is 19.1. The number of hydrogen-bond acceptors (Lipinski definition) is 3. The van der Waals surface area contributed by atoms with E-state index in [0.29, 0.717) is 25.3 Å². The largest absolute Gasteiger partial charge is 0.378 e. The molecule has 0 bridgehead atoms. The summed E-state index contributed by atoms with van der Waals surface area (Å²) in [6.07, 6.45) is 0.755. The lowest BCUT2D eigenvalue weighted by Crippen LogP contribution is -2.41. The fraction of sp³-hybridized carbons (Fsp3) is 0.381. The molecule has 0 aliphatic carbocycles. The van der Waals surface area contributed by atoms with Crippen molar-refractivity contribution < 1.29 is 13.9 Å². The van der Waals surface area contributed by atoms with Crippen LogP contribution in [-0.2, 0) is 11.2 Å². The number of fused-ring (bicyclic) bond motifs is 1. The number of morpholine rings is 1. The van der Waals surface area contributed by atoms with Gasteiger partial charge in [-0.05, 0) is 48.7 Å². The van der Waals surface area contributed by atoms with Gasteiger partial charge in [-0.3, -0.25) is 4.79 Å². The molecule has 1 fully saturated rings. The number of halogens is 1. The minimum atomic E-state index is -0.251. The van der Waals surface area contributed by atoms with Gasteiger partial charge in [-0.1, -0.05) is 18.2 Å². The average Bonchev–Trinajstić information content (AvgIpc) is 2.69. The predicted molar refractivity (Wildman–Crippen MR) is 99.0 cm³/mol. The second-order valence-corrected chi connectivity index (χ2v) is 6.88. The SMILES string of the molecule is C[C@H]1c2cc(F)ccc2CCN1C(=O)c1ccccc1N1CCOCC1. The molecule has 2 aliphatic heterocycles. The van der Waals surface area contributed by atoms with E-state index in [1.807, 2.05) is 42.2 Å². The number of rotatable bonds is 2. The van der Waals surface area contributed by atoms with Gasteiger partial charge in [0.1, 0.15) is 5.82 Å². The number of ether oxygens (including phenoxy) is 1. The van der Waals surface area contributed by atoms with Crippen LogP contribution >= 0.6 is 0 Å². The van der Waals surface area contributed by atoms with Gasteiger partial charge in [0.15, 0.2) is 0 Å². The van der Waals surface area contributed by atoms with Gasteiger partial charge in [0, 0.05) is 25.3 Å². The standard InChI is InChI=1S/C21H23FN2O2/c1-15-19-14-17(22)7-6-16(19)8-9-24(15)21(25)18-4-2-3-5-20(18)23-10-12-26-13-11-23/h2-7,14-15H,8-13H2,1H3/t15-/m0/s1. The topological polar surface area (TPSA) is 32.8 Å². The van der Waals surface area contributed by atoms with Gasteiger partial charge in [-0.25, -0.2) is 4.39 Å². The minimum absolute atomic E-state index is 0.00880. The molecule has 4 rings (SSSR count). The Bertz CT molecular complexity index is 817. The van der Waals surface area contributed by atoms with Crippen molar-refractivity contribution in [3.05, 3.63) is 65.0 Å². The fourth-order valence-corrected chi connectivity index (χ4v) is 3.95. The van der Waals surface area contributed by atoms with Crippen LogP contribution in [0.15, 0.2) is 42.5 Å². The van der Waals surface area contributed by atoms with E-state index in [0.717, 1.165) is 36.3 Å². The first kappa shape index (κ1) is 17.0. The Hall–Kier alpha value is -2.40. The normalized spacial score (nSPS) is 20.0. The van der Waals surface area contributed by atoms with E-state index in [-0.39, 0.29) is 17.8 Å². The predicted octanol–water partition coefficient (Wildman–Crippen LogP) is 3.42. The van der Waals surface area contributed by atoms with Crippen molar-refractivity contribution in [2.24, 2.45) is 0 Å². The van der Waals surface area contributed by atoms with Crippen LogP contribution in [0.1, 0.15) is 34.5 Å². The first-order chi connectivity index (χ1) is 12.6. The fourth-order valence-electron chi connectivity index (χ4n) is 3.95. The van der Waals surface area contributed by atoms with Gasteiger partial charge in [-0.2, -0.15) is 0 Å². The summed E-state index contributed by atoms with van der Waals surface area (Å²) in [5.41, 5.74) is 3.71. The Labute approximate surface area is 153 Å². The lowest BCUT2D eigenvalue weighted by molar-refractivity contribution is 0.0677. The molecular weight excluding hydrogens is 331 g/mol. The zero-order chi connectivity index (χ0) is 18.1. The molecule has 5 heteroatoms. The van der Waals surface area contributed by atoms with E-state index >= 15 is 0 Å². The molecular formula is C21H23FN2O2. The number of para-hydroxylation sites is 1. The van der Waals surface area contributed by atoms with E-state index < -0.39 is 0 Å². The highest BCUT2D eigenvalue weighted by Crippen LogP contribution is 2.33. The van der Waals surface area contributed by atoms with Crippen molar-refractivity contribution in [2.45, 2.75) is 19.4 Å². The third-order valence-electron chi connectivity index (χ3n) is 5.39. The smallest absolute Gasteiger partial charge is 0.256 e. The number of hydrogen-bond donors (Lipinski definition) is 0. The summed E-state index contributed by atoms with van der Waals surface area (Å²) in [6, 6.07) is 12.5.